The molecule has 1 fully saturated rings. The van der Waals surface area contributed by atoms with E-state index in [2.05, 4.69) is 10.2 Å². The maximum Gasteiger partial charge on any atom is 0.243 e. The highest BCUT2D eigenvalue weighted by Crippen LogP contribution is 2.18. The standard InChI is InChI=1S/C16H26N4O2S2/c1-14-4-6-15(7-5-14)24(21,22)20-12-10-19(11-13-20)16(23)17-8-9-18(2)3/h4-7H,8-13H2,1-3H3,(H,17,23). The molecular formula is C16H26N4O2S2. The number of thiocarbonyl (C=S) groups is 1. The minimum atomic E-state index is -3.42. The van der Waals surface area contributed by atoms with Gasteiger partial charge in [0.05, 0.1) is 4.90 Å². The third kappa shape index (κ3) is 4.89. The van der Waals surface area contributed by atoms with Crippen LogP contribution in [0.4, 0.5) is 0 Å². The van der Waals surface area contributed by atoms with Crippen molar-refractivity contribution >= 4 is 27.4 Å². The predicted octanol–water partition coefficient (Wildman–Crippen LogP) is 0.737. The largest absolute Gasteiger partial charge is 0.361 e. The minimum Gasteiger partial charge on any atom is -0.361 e. The third-order valence-corrected chi connectivity index (χ3v) is 6.34. The Morgan fingerprint density at radius 1 is 1.17 bits per heavy atom. The second-order valence-electron chi connectivity index (χ2n) is 6.24. The van der Waals surface area contributed by atoms with E-state index in [0.29, 0.717) is 36.2 Å². The molecule has 0 bridgehead atoms. The molecule has 1 N–H and O–H groups in total. The zero-order valence-corrected chi connectivity index (χ0v) is 16.2. The van der Waals surface area contributed by atoms with E-state index >= 15 is 0 Å². The number of hydrogen-bond donors (Lipinski definition) is 1. The number of sulfonamides is 1. The van der Waals surface area contributed by atoms with Crippen molar-refractivity contribution in [3.63, 3.8) is 0 Å². The molecule has 0 radical (unpaired) electrons. The van der Waals surface area contributed by atoms with Crippen molar-refractivity contribution < 1.29 is 8.42 Å². The second-order valence-corrected chi connectivity index (χ2v) is 8.56. The predicted molar refractivity (Wildman–Crippen MR) is 101 cm³/mol. The molecule has 134 valence electrons. The fourth-order valence-corrected chi connectivity index (χ4v) is 4.20. The Bertz CT molecular complexity index is 651. The van der Waals surface area contributed by atoms with Gasteiger partial charge in [0.2, 0.25) is 10.0 Å². The van der Waals surface area contributed by atoms with Gasteiger partial charge in [-0.25, -0.2) is 8.42 Å². The SMILES string of the molecule is Cc1ccc(S(=O)(=O)N2CCN(C(=S)NCCN(C)C)CC2)cc1. The number of benzene rings is 1. The van der Waals surface area contributed by atoms with Gasteiger partial charge in [0.15, 0.2) is 5.11 Å². The molecule has 24 heavy (non-hydrogen) atoms. The smallest absolute Gasteiger partial charge is 0.243 e. The summed E-state index contributed by atoms with van der Waals surface area (Å²) in [5.74, 6) is 0. The highest BCUT2D eigenvalue weighted by molar-refractivity contribution is 7.89. The Labute approximate surface area is 150 Å². The van der Waals surface area contributed by atoms with Crippen LogP contribution in [0, 0.1) is 6.92 Å². The fraction of sp³-hybridized carbons (Fsp3) is 0.562. The Morgan fingerprint density at radius 2 is 1.75 bits per heavy atom. The Hall–Kier alpha value is -1.22. The van der Waals surface area contributed by atoms with E-state index in [1.54, 1.807) is 12.1 Å². The zero-order valence-electron chi connectivity index (χ0n) is 14.5. The first-order valence-corrected chi connectivity index (χ1v) is 9.90. The van der Waals surface area contributed by atoms with Crippen molar-refractivity contribution in [2.24, 2.45) is 0 Å². The summed E-state index contributed by atoms with van der Waals surface area (Å²) in [6.07, 6.45) is 0. The zero-order chi connectivity index (χ0) is 17.7. The third-order valence-electron chi connectivity index (χ3n) is 4.02. The van der Waals surface area contributed by atoms with Crippen molar-refractivity contribution in [2.75, 3.05) is 53.4 Å². The molecule has 0 aliphatic carbocycles. The maximum absolute atomic E-state index is 12.7. The molecule has 1 aliphatic heterocycles. The lowest BCUT2D eigenvalue weighted by molar-refractivity contribution is 0.263. The van der Waals surface area contributed by atoms with Crippen LogP contribution in [0.1, 0.15) is 5.56 Å². The summed E-state index contributed by atoms with van der Waals surface area (Å²) in [7, 11) is 0.607. The quantitative estimate of drug-likeness (QED) is 0.772. The number of nitrogens with one attached hydrogen (secondary N) is 1. The van der Waals surface area contributed by atoms with Crippen molar-refractivity contribution in [1.82, 2.24) is 19.4 Å². The summed E-state index contributed by atoms with van der Waals surface area (Å²) in [6.45, 7) is 5.75. The molecular weight excluding hydrogens is 344 g/mol. The normalized spacial score (nSPS) is 16.4. The Balaban J connectivity index is 1.90. The van der Waals surface area contributed by atoms with Crippen LogP contribution in [0.25, 0.3) is 0 Å². The van der Waals surface area contributed by atoms with Crippen LogP contribution in [0.15, 0.2) is 29.2 Å². The number of piperazine rings is 1. The molecule has 1 aromatic carbocycles. The topological polar surface area (TPSA) is 55.9 Å². The van der Waals surface area contributed by atoms with Crippen molar-refractivity contribution in [1.29, 1.82) is 0 Å². The summed E-state index contributed by atoms with van der Waals surface area (Å²) < 4.78 is 26.9. The van der Waals surface area contributed by atoms with Gasteiger partial charge in [-0.2, -0.15) is 4.31 Å². The molecule has 1 saturated heterocycles. The molecule has 1 aliphatic rings. The van der Waals surface area contributed by atoms with E-state index in [1.807, 2.05) is 38.1 Å². The highest BCUT2D eigenvalue weighted by Gasteiger charge is 2.29. The number of hydrogen-bond acceptors (Lipinski definition) is 4. The first-order chi connectivity index (χ1) is 11.3. The molecule has 0 aromatic heterocycles. The van der Waals surface area contributed by atoms with Crippen LogP contribution in [-0.2, 0) is 10.0 Å². The first kappa shape index (κ1) is 19.1. The van der Waals surface area contributed by atoms with Gasteiger partial charge < -0.3 is 15.1 Å². The first-order valence-electron chi connectivity index (χ1n) is 8.05. The van der Waals surface area contributed by atoms with Crippen molar-refractivity contribution in [2.45, 2.75) is 11.8 Å². The van der Waals surface area contributed by atoms with Gasteiger partial charge in [0, 0.05) is 39.3 Å². The van der Waals surface area contributed by atoms with Crippen LogP contribution in [0.3, 0.4) is 0 Å². The molecule has 1 heterocycles. The fourth-order valence-electron chi connectivity index (χ4n) is 2.49. The van der Waals surface area contributed by atoms with Gasteiger partial charge in [-0.3, -0.25) is 0 Å². The van der Waals surface area contributed by atoms with Crippen LogP contribution < -0.4 is 5.32 Å². The van der Waals surface area contributed by atoms with E-state index in [-0.39, 0.29) is 0 Å². The van der Waals surface area contributed by atoms with E-state index in [0.717, 1.165) is 18.7 Å². The van der Waals surface area contributed by atoms with Gasteiger partial charge in [0.1, 0.15) is 0 Å². The Kier molecular flexibility index (Phi) is 6.56. The number of nitrogens with zero attached hydrogens (tertiary/aromatic N) is 3. The van der Waals surface area contributed by atoms with Gasteiger partial charge >= 0.3 is 0 Å². The molecule has 6 nitrogen and oxygen atoms in total. The summed E-state index contributed by atoms with van der Waals surface area (Å²) in [6, 6.07) is 6.99. The van der Waals surface area contributed by atoms with Gasteiger partial charge in [-0.05, 0) is 45.4 Å². The molecule has 0 unspecified atom stereocenters. The van der Waals surface area contributed by atoms with Crippen molar-refractivity contribution in [3.05, 3.63) is 29.8 Å². The summed E-state index contributed by atoms with van der Waals surface area (Å²) in [5, 5.41) is 3.92. The average molecular weight is 371 g/mol. The lowest BCUT2D eigenvalue weighted by Crippen LogP contribution is -2.53. The van der Waals surface area contributed by atoms with Crippen molar-refractivity contribution in [3.8, 4) is 0 Å². The molecule has 1 aromatic rings. The van der Waals surface area contributed by atoms with Crippen LogP contribution in [0.5, 0.6) is 0 Å². The monoisotopic (exact) mass is 370 g/mol. The number of aryl methyl sites for hydroxylation is 1. The van der Waals surface area contributed by atoms with E-state index < -0.39 is 10.0 Å². The molecule has 0 atom stereocenters. The van der Waals surface area contributed by atoms with Crippen LogP contribution in [0.2, 0.25) is 0 Å². The lowest BCUT2D eigenvalue weighted by atomic mass is 10.2. The molecule has 0 amide bonds. The van der Waals surface area contributed by atoms with Crippen LogP contribution >= 0.6 is 12.2 Å². The van der Waals surface area contributed by atoms with Crippen LogP contribution in [-0.4, -0.2) is 81.0 Å². The van der Waals surface area contributed by atoms with E-state index in [1.165, 1.54) is 4.31 Å². The highest BCUT2D eigenvalue weighted by atomic mass is 32.2. The summed E-state index contributed by atoms with van der Waals surface area (Å²) >= 11 is 5.39. The second kappa shape index (κ2) is 8.24. The van der Waals surface area contributed by atoms with Gasteiger partial charge in [-0.1, -0.05) is 17.7 Å². The number of rotatable bonds is 5. The summed E-state index contributed by atoms with van der Waals surface area (Å²) in [4.78, 5) is 4.47. The van der Waals surface area contributed by atoms with E-state index in [9.17, 15) is 8.42 Å². The maximum atomic E-state index is 12.7. The average Bonchev–Trinajstić information content (AvgIpc) is 2.55. The Morgan fingerprint density at radius 3 is 2.29 bits per heavy atom. The van der Waals surface area contributed by atoms with Gasteiger partial charge in [0.25, 0.3) is 0 Å². The molecule has 0 spiro atoms. The van der Waals surface area contributed by atoms with E-state index in [4.69, 9.17) is 12.2 Å². The number of likely N-dealkylation sites (N-methyl/N-ethyl adjacent to an activating group) is 1. The molecule has 0 saturated carbocycles. The molecule has 8 heteroatoms. The lowest BCUT2D eigenvalue weighted by Gasteiger charge is -2.35. The minimum absolute atomic E-state index is 0.355. The van der Waals surface area contributed by atoms with Gasteiger partial charge in [-0.15, -0.1) is 0 Å². The molecule has 2 rings (SSSR count). The summed E-state index contributed by atoms with van der Waals surface area (Å²) in [5.41, 5.74) is 1.05.